The summed E-state index contributed by atoms with van der Waals surface area (Å²) in [5, 5.41) is 9.16. The molecule has 0 bridgehead atoms. The Morgan fingerprint density at radius 1 is 1.25 bits per heavy atom. The van der Waals surface area contributed by atoms with Crippen LogP contribution in [0.4, 0.5) is 4.79 Å². The van der Waals surface area contributed by atoms with Crippen molar-refractivity contribution in [1.29, 1.82) is 0 Å². The average Bonchev–Trinajstić information content (AvgIpc) is 2.96. The number of carbonyl (C=O) groups excluding carboxylic acids is 1. The Morgan fingerprint density at radius 2 is 1.85 bits per heavy atom. The number of nitrogens with zero attached hydrogens (tertiary/aromatic N) is 2. The van der Waals surface area contributed by atoms with Gasteiger partial charge in [0.05, 0.1) is 5.88 Å². The number of likely N-dealkylation sites (tertiary alicyclic amines) is 1. The van der Waals surface area contributed by atoms with Crippen molar-refractivity contribution in [2.45, 2.75) is 45.6 Å². The molecule has 2 aliphatic rings. The predicted octanol–water partition coefficient (Wildman–Crippen LogP) is 2.47. The minimum absolute atomic E-state index is 0.0943. The molecule has 0 aromatic carbocycles. The van der Waals surface area contributed by atoms with Crippen LogP contribution in [0.2, 0.25) is 0 Å². The van der Waals surface area contributed by atoms with Crippen LogP contribution in [0.1, 0.15) is 39.5 Å². The van der Waals surface area contributed by atoms with E-state index < -0.39 is 12.0 Å². The first kappa shape index (κ1) is 15.5. The van der Waals surface area contributed by atoms with Gasteiger partial charge in [0.1, 0.15) is 6.04 Å². The van der Waals surface area contributed by atoms with Gasteiger partial charge in [-0.25, -0.2) is 9.59 Å². The molecule has 0 aliphatic carbocycles. The third-order valence-corrected chi connectivity index (χ3v) is 6.02. The second-order valence-corrected chi connectivity index (χ2v) is 6.80. The first-order chi connectivity index (χ1) is 9.53. The molecule has 2 heterocycles. The molecule has 5 nitrogen and oxygen atoms in total. The standard InChI is InChI=1S/C14H24N2O3S/c1-3-14(4-2)5-7-15(8-6-14)13(19)16-10-20-9-11(16)12(17)18/h11H,3-10H2,1-2H3,(H,17,18). The summed E-state index contributed by atoms with van der Waals surface area (Å²) in [4.78, 5) is 27.0. The van der Waals surface area contributed by atoms with Crippen molar-refractivity contribution < 1.29 is 14.7 Å². The highest BCUT2D eigenvalue weighted by Gasteiger charge is 2.39. The second-order valence-electron chi connectivity index (χ2n) is 5.80. The lowest BCUT2D eigenvalue weighted by Gasteiger charge is -2.42. The van der Waals surface area contributed by atoms with Crippen LogP contribution in [-0.2, 0) is 4.79 Å². The Bertz CT molecular complexity index is 375. The number of carbonyl (C=O) groups is 2. The monoisotopic (exact) mass is 300 g/mol. The Hall–Kier alpha value is -0.910. The Kier molecular flexibility index (Phi) is 4.83. The number of amides is 2. The Morgan fingerprint density at radius 3 is 2.35 bits per heavy atom. The normalized spacial score (nSPS) is 25.8. The first-order valence-electron chi connectivity index (χ1n) is 7.39. The largest absolute Gasteiger partial charge is 0.480 e. The van der Waals surface area contributed by atoms with Crippen LogP contribution in [0.15, 0.2) is 0 Å². The van der Waals surface area contributed by atoms with Gasteiger partial charge in [-0.3, -0.25) is 0 Å². The summed E-state index contributed by atoms with van der Waals surface area (Å²) >= 11 is 1.52. The summed E-state index contributed by atoms with van der Waals surface area (Å²) in [5.41, 5.74) is 0.378. The van der Waals surface area contributed by atoms with Gasteiger partial charge in [0.2, 0.25) is 0 Å². The highest BCUT2D eigenvalue weighted by molar-refractivity contribution is 7.99. The number of aliphatic carboxylic acids is 1. The number of carboxylic acid groups (broad SMARTS) is 1. The molecule has 2 aliphatic heterocycles. The highest BCUT2D eigenvalue weighted by Crippen LogP contribution is 2.38. The molecule has 0 aromatic rings. The van der Waals surface area contributed by atoms with Crippen LogP contribution in [0.5, 0.6) is 0 Å². The van der Waals surface area contributed by atoms with E-state index in [1.165, 1.54) is 16.7 Å². The Labute approximate surface area is 124 Å². The fraction of sp³-hybridized carbons (Fsp3) is 0.857. The van der Waals surface area contributed by atoms with Crippen molar-refractivity contribution in [3.05, 3.63) is 0 Å². The number of urea groups is 1. The molecular weight excluding hydrogens is 276 g/mol. The van der Waals surface area contributed by atoms with E-state index in [2.05, 4.69) is 13.8 Å². The second kappa shape index (κ2) is 6.24. The number of rotatable bonds is 3. The summed E-state index contributed by atoms with van der Waals surface area (Å²) in [6, 6.07) is -0.750. The summed E-state index contributed by atoms with van der Waals surface area (Å²) in [6.07, 6.45) is 4.38. The van der Waals surface area contributed by atoms with E-state index >= 15 is 0 Å². The van der Waals surface area contributed by atoms with Crippen molar-refractivity contribution in [3.8, 4) is 0 Å². The van der Waals surface area contributed by atoms with Gasteiger partial charge in [0.15, 0.2) is 0 Å². The van der Waals surface area contributed by atoms with Crippen LogP contribution in [0.25, 0.3) is 0 Å². The van der Waals surface area contributed by atoms with E-state index in [4.69, 9.17) is 5.11 Å². The lowest BCUT2D eigenvalue weighted by molar-refractivity contribution is -0.141. The smallest absolute Gasteiger partial charge is 0.327 e. The molecule has 6 heteroatoms. The topological polar surface area (TPSA) is 60.9 Å². The van der Waals surface area contributed by atoms with Gasteiger partial charge >= 0.3 is 12.0 Å². The van der Waals surface area contributed by atoms with E-state index in [1.807, 2.05) is 4.90 Å². The van der Waals surface area contributed by atoms with Crippen molar-refractivity contribution in [2.75, 3.05) is 24.7 Å². The Balaban J connectivity index is 1.96. The number of thioether (sulfide) groups is 1. The third kappa shape index (κ3) is 2.90. The van der Waals surface area contributed by atoms with Crippen molar-refractivity contribution in [1.82, 2.24) is 9.80 Å². The minimum atomic E-state index is -0.892. The molecule has 114 valence electrons. The van der Waals surface area contributed by atoms with Gasteiger partial charge in [-0.2, -0.15) is 0 Å². The van der Waals surface area contributed by atoms with E-state index in [1.54, 1.807) is 0 Å². The molecule has 2 amide bonds. The number of hydrogen-bond donors (Lipinski definition) is 1. The van der Waals surface area contributed by atoms with Crippen LogP contribution in [0, 0.1) is 5.41 Å². The van der Waals surface area contributed by atoms with Gasteiger partial charge in [-0.15, -0.1) is 11.8 Å². The van der Waals surface area contributed by atoms with E-state index in [0.29, 0.717) is 17.0 Å². The molecule has 0 radical (unpaired) electrons. The molecule has 20 heavy (non-hydrogen) atoms. The van der Waals surface area contributed by atoms with Crippen molar-refractivity contribution in [3.63, 3.8) is 0 Å². The molecule has 0 saturated carbocycles. The minimum Gasteiger partial charge on any atom is -0.480 e. The molecule has 2 rings (SSSR count). The van der Waals surface area contributed by atoms with Crippen molar-refractivity contribution in [2.24, 2.45) is 5.41 Å². The maximum Gasteiger partial charge on any atom is 0.327 e. The predicted molar refractivity (Wildman–Crippen MR) is 79.8 cm³/mol. The van der Waals surface area contributed by atoms with E-state index in [9.17, 15) is 9.59 Å². The lowest BCUT2D eigenvalue weighted by atomic mass is 9.74. The van der Waals surface area contributed by atoms with Crippen LogP contribution < -0.4 is 0 Å². The summed E-state index contributed by atoms with van der Waals surface area (Å²) in [6.45, 7) is 5.96. The quantitative estimate of drug-likeness (QED) is 0.870. The maximum absolute atomic E-state index is 12.5. The van der Waals surface area contributed by atoms with Crippen LogP contribution >= 0.6 is 11.8 Å². The zero-order valence-corrected chi connectivity index (χ0v) is 13.1. The highest BCUT2D eigenvalue weighted by atomic mass is 32.2. The summed E-state index contributed by atoms with van der Waals surface area (Å²) in [7, 11) is 0. The molecule has 2 fully saturated rings. The van der Waals surface area contributed by atoms with Crippen molar-refractivity contribution >= 4 is 23.8 Å². The number of carboxylic acids is 1. The van der Waals surface area contributed by atoms with E-state index in [-0.39, 0.29) is 6.03 Å². The third-order valence-electron chi connectivity index (χ3n) is 5.01. The fourth-order valence-electron chi connectivity index (χ4n) is 3.15. The summed E-state index contributed by atoms with van der Waals surface area (Å²) < 4.78 is 0. The lowest BCUT2D eigenvalue weighted by Crippen LogP contribution is -2.52. The molecule has 1 atom stereocenters. The van der Waals surface area contributed by atoms with E-state index in [0.717, 1.165) is 38.8 Å². The average molecular weight is 300 g/mol. The molecular formula is C14H24N2O3S. The molecule has 1 N–H and O–H groups in total. The fourth-order valence-corrected chi connectivity index (χ4v) is 4.29. The van der Waals surface area contributed by atoms with Gasteiger partial charge in [0.25, 0.3) is 0 Å². The summed E-state index contributed by atoms with van der Waals surface area (Å²) in [5.74, 6) is 0.110. The van der Waals surface area contributed by atoms with Crippen LogP contribution in [0.3, 0.4) is 0 Å². The first-order valence-corrected chi connectivity index (χ1v) is 8.54. The zero-order valence-electron chi connectivity index (χ0n) is 12.3. The maximum atomic E-state index is 12.5. The molecule has 2 saturated heterocycles. The molecule has 0 aromatic heterocycles. The van der Waals surface area contributed by atoms with Gasteiger partial charge in [-0.05, 0) is 18.3 Å². The van der Waals surface area contributed by atoms with Gasteiger partial charge < -0.3 is 14.9 Å². The molecule has 0 spiro atoms. The SMILES string of the molecule is CCC1(CC)CCN(C(=O)N2CSCC2C(=O)O)CC1. The van der Waals surface area contributed by atoms with Gasteiger partial charge in [0, 0.05) is 18.8 Å². The molecule has 1 unspecified atom stereocenters. The van der Waals surface area contributed by atoms with Crippen LogP contribution in [-0.4, -0.2) is 57.7 Å². The van der Waals surface area contributed by atoms with Gasteiger partial charge in [-0.1, -0.05) is 26.7 Å². The zero-order chi connectivity index (χ0) is 14.8. The number of hydrogen-bond acceptors (Lipinski definition) is 3. The number of piperidine rings is 1.